The van der Waals surface area contributed by atoms with Gasteiger partial charge in [0.25, 0.3) is 0 Å². The Morgan fingerprint density at radius 2 is 2.17 bits per heavy atom. The highest BCUT2D eigenvalue weighted by molar-refractivity contribution is 6.17. The van der Waals surface area contributed by atoms with Crippen molar-refractivity contribution in [2.24, 2.45) is 0 Å². The van der Waals surface area contributed by atoms with E-state index in [1.165, 1.54) is 16.7 Å². The number of aryl methyl sites for hydroxylation is 1. The lowest BCUT2D eigenvalue weighted by Crippen LogP contribution is -2.05. The molecule has 0 aliphatic rings. The van der Waals surface area contributed by atoms with E-state index < -0.39 is 0 Å². The third kappa shape index (κ3) is 2.23. The van der Waals surface area contributed by atoms with Crippen molar-refractivity contribution in [3.05, 3.63) is 34.9 Å². The Labute approximate surface area is 78.7 Å². The molecule has 0 unspecified atom stereocenters. The van der Waals surface area contributed by atoms with E-state index in [1.54, 1.807) is 0 Å². The van der Waals surface area contributed by atoms with Gasteiger partial charge in [-0.15, -0.1) is 11.6 Å². The quantitative estimate of drug-likeness (QED) is 0.710. The van der Waals surface area contributed by atoms with E-state index in [1.807, 2.05) is 7.05 Å². The first-order chi connectivity index (χ1) is 5.77. The molecular formula is C10H14ClN. The summed E-state index contributed by atoms with van der Waals surface area (Å²) in [6.45, 7) is 2.99. The van der Waals surface area contributed by atoms with Gasteiger partial charge in [0.05, 0.1) is 0 Å². The van der Waals surface area contributed by atoms with Crippen LogP contribution in [0.4, 0.5) is 0 Å². The normalized spacial score (nSPS) is 10.2. The van der Waals surface area contributed by atoms with Gasteiger partial charge >= 0.3 is 0 Å². The standard InChI is InChI=1S/C10H14ClN/c1-8-3-4-9(7-12-2)5-10(8)6-11/h3-5,12H,6-7H2,1-2H3. The van der Waals surface area contributed by atoms with Crippen LogP contribution in [0.3, 0.4) is 0 Å². The fraction of sp³-hybridized carbons (Fsp3) is 0.400. The summed E-state index contributed by atoms with van der Waals surface area (Å²) >= 11 is 5.78. The van der Waals surface area contributed by atoms with Gasteiger partial charge in [-0.2, -0.15) is 0 Å². The molecule has 0 amide bonds. The lowest BCUT2D eigenvalue weighted by Gasteiger charge is -2.05. The van der Waals surface area contributed by atoms with E-state index in [2.05, 4.69) is 30.4 Å². The zero-order chi connectivity index (χ0) is 8.97. The van der Waals surface area contributed by atoms with Gasteiger partial charge in [-0.1, -0.05) is 18.2 Å². The highest BCUT2D eigenvalue weighted by Crippen LogP contribution is 2.13. The molecular weight excluding hydrogens is 170 g/mol. The molecule has 0 radical (unpaired) electrons. The largest absolute Gasteiger partial charge is 0.316 e. The number of hydrogen-bond donors (Lipinski definition) is 1. The molecule has 0 spiro atoms. The fourth-order valence-corrected chi connectivity index (χ4v) is 1.47. The molecule has 1 aromatic rings. The summed E-state index contributed by atoms with van der Waals surface area (Å²) in [5.74, 6) is 0.601. The van der Waals surface area contributed by atoms with Crippen molar-refractivity contribution in [1.29, 1.82) is 0 Å². The van der Waals surface area contributed by atoms with Gasteiger partial charge < -0.3 is 5.32 Å². The predicted octanol–water partition coefficient (Wildman–Crippen LogP) is 2.45. The minimum absolute atomic E-state index is 0.601. The minimum atomic E-state index is 0.601. The number of halogens is 1. The van der Waals surface area contributed by atoms with Crippen molar-refractivity contribution in [3.63, 3.8) is 0 Å². The van der Waals surface area contributed by atoms with Crippen LogP contribution >= 0.6 is 11.6 Å². The molecule has 0 saturated heterocycles. The molecule has 1 N–H and O–H groups in total. The Morgan fingerprint density at radius 1 is 1.42 bits per heavy atom. The van der Waals surface area contributed by atoms with Crippen LogP contribution < -0.4 is 5.32 Å². The van der Waals surface area contributed by atoms with Gasteiger partial charge in [-0.3, -0.25) is 0 Å². The Kier molecular flexibility index (Phi) is 3.57. The number of rotatable bonds is 3. The highest BCUT2D eigenvalue weighted by Gasteiger charge is 1.97. The number of alkyl halides is 1. The summed E-state index contributed by atoms with van der Waals surface area (Å²) in [7, 11) is 1.94. The van der Waals surface area contributed by atoms with Crippen LogP contribution in [-0.4, -0.2) is 7.05 Å². The maximum Gasteiger partial charge on any atom is 0.0476 e. The highest BCUT2D eigenvalue weighted by atomic mass is 35.5. The molecule has 1 nitrogen and oxygen atoms in total. The van der Waals surface area contributed by atoms with E-state index >= 15 is 0 Å². The second-order valence-electron chi connectivity index (χ2n) is 2.92. The van der Waals surface area contributed by atoms with Crippen molar-refractivity contribution in [2.75, 3.05) is 7.05 Å². The maximum atomic E-state index is 5.78. The van der Waals surface area contributed by atoms with Gasteiger partial charge in [0, 0.05) is 12.4 Å². The Balaban J connectivity index is 2.89. The molecule has 66 valence electrons. The molecule has 1 aromatic carbocycles. The van der Waals surface area contributed by atoms with Gasteiger partial charge in [0.1, 0.15) is 0 Å². The molecule has 1 rings (SSSR count). The minimum Gasteiger partial charge on any atom is -0.316 e. The van der Waals surface area contributed by atoms with Gasteiger partial charge in [0.2, 0.25) is 0 Å². The van der Waals surface area contributed by atoms with Crippen LogP contribution in [0.15, 0.2) is 18.2 Å². The van der Waals surface area contributed by atoms with Crippen molar-refractivity contribution in [3.8, 4) is 0 Å². The summed E-state index contributed by atoms with van der Waals surface area (Å²) in [5, 5.41) is 3.11. The summed E-state index contributed by atoms with van der Waals surface area (Å²) in [6.07, 6.45) is 0. The molecule has 0 aliphatic carbocycles. The van der Waals surface area contributed by atoms with Crippen molar-refractivity contribution in [1.82, 2.24) is 5.32 Å². The fourth-order valence-electron chi connectivity index (χ4n) is 1.18. The zero-order valence-electron chi connectivity index (χ0n) is 7.52. The topological polar surface area (TPSA) is 12.0 Å². The second kappa shape index (κ2) is 4.48. The third-order valence-electron chi connectivity index (χ3n) is 1.94. The first-order valence-electron chi connectivity index (χ1n) is 4.07. The Hall–Kier alpha value is -0.530. The van der Waals surface area contributed by atoms with E-state index in [4.69, 9.17) is 11.6 Å². The SMILES string of the molecule is CNCc1ccc(C)c(CCl)c1. The summed E-state index contributed by atoms with van der Waals surface area (Å²) in [4.78, 5) is 0. The van der Waals surface area contributed by atoms with E-state index in [0.717, 1.165) is 6.54 Å². The Morgan fingerprint density at radius 3 is 2.75 bits per heavy atom. The molecule has 2 heteroatoms. The molecule has 0 fully saturated rings. The summed E-state index contributed by atoms with van der Waals surface area (Å²) in [6, 6.07) is 6.39. The van der Waals surface area contributed by atoms with Gasteiger partial charge in [-0.25, -0.2) is 0 Å². The van der Waals surface area contributed by atoms with Crippen LogP contribution in [0.5, 0.6) is 0 Å². The van der Waals surface area contributed by atoms with Crippen LogP contribution in [0.1, 0.15) is 16.7 Å². The Bertz CT molecular complexity index is 258. The van der Waals surface area contributed by atoms with Gasteiger partial charge in [-0.05, 0) is 30.7 Å². The molecule has 0 heterocycles. The first kappa shape index (κ1) is 9.56. The lowest BCUT2D eigenvalue weighted by atomic mass is 10.1. The molecule has 0 saturated carbocycles. The van der Waals surface area contributed by atoms with Crippen molar-refractivity contribution in [2.45, 2.75) is 19.3 Å². The maximum absolute atomic E-state index is 5.78. The smallest absolute Gasteiger partial charge is 0.0476 e. The molecule has 0 atom stereocenters. The number of benzene rings is 1. The van der Waals surface area contributed by atoms with Crippen LogP contribution in [0.25, 0.3) is 0 Å². The number of hydrogen-bond acceptors (Lipinski definition) is 1. The monoisotopic (exact) mass is 183 g/mol. The zero-order valence-corrected chi connectivity index (χ0v) is 8.28. The predicted molar refractivity (Wildman–Crippen MR) is 53.5 cm³/mol. The summed E-state index contributed by atoms with van der Waals surface area (Å²) < 4.78 is 0. The molecule has 0 aromatic heterocycles. The first-order valence-corrected chi connectivity index (χ1v) is 4.60. The van der Waals surface area contributed by atoms with Crippen molar-refractivity contribution >= 4 is 11.6 Å². The third-order valence-corrected chi connectivity index (χ3v) is 2.23. The van der Waals surface area contributed by atoms with E-state index in [-0.39, 0.29) is 0 Å². The lowest BCUT2D eigenvalue weighted by molar-refractivity contribution is 0.816. The summed E-state index contributed by atoms with van der Waals surface area (Å²) in [5.41, 5.74) is 3.79. The van der Waals surface area contributed by atoms with Crippen LogP contribution in [-0.2, 0) is 12.4 Å². The van der Waals surface area contributed by atoms with E-state index in [9.17, 15) is 0 Å². The number of nitrogens with one attached hydrogen (secondary N) is 1. The average Bonchev–Trinajstić information content (AvgIpc) is 2.09. The molecule has 0 aliphatic heterocycles. The van der Waals surface area contributed by atoms with Crippen LogP contribution in [0.2, 0.25) is 0 Å². The van der Waals surface area contributed by atoms with Crippen molar-refractivity contribution < 1.29 is 0 Å². The van der Waals surface area contributed by atoms with E-state index in [0.29, 0.717) is 5.88 Å². The second-order valence-corrected chi connectivity index (χ2v) is 3.19. The molecule has 0 bridgehead atoms. The molecule has 12 heavy (non-hydrogen) atoms. The average molecular weight is 184 g/mol. The van der Waals surface area contributed by atoms with Gasteiger partial charge in [0.15, 0.2) is 0 Å². The van der Waals surface area contributed by atoms with Crippen LogP contribution in [0, 0.1) is 6.92 Å².